The topological polar surface area (TPSA) is 80.0 Å². The summed E-state index contributed by atoms with van der Waals surface area (Å²) in [5, 5.41) is 5.88. The Morgan fingerprint density at radius 3 is 2.85 bits per heavy atom. The van der Waals surface area contributed by atoms with Crippen LogP contribution in [0.2, 0.25) is 0 Å². The number of aryl methyl sites for hydroxylation is 2. The zero-order chi connectivity index (χ0) is 14.5. The summed E-state index contributed by atoms with van der Waals surface area (Å²) >= 11 is 0. The summed E-state index contributed by atoms with van der Waals surface area (Å²) in [5.41, 5.74) is 2.07. The van der Waals surface area contributed by atoms with Gasteiger partial charge in [-0.3, -0.25) is 9.78 Å². The standard InChI is InChI=1S/C14H18N4O2/c1-4-15-11-5-6-16-12(7-11)14(19)17-8-13-18-9(2)10(3)20-13/h5-7H,4,8H2,1-3H3,(H,15,16)(H,17,19). The molecule has 0 spiro atoms. The minimum atomic E-state index is -0.252. The van der Waals surface area contributed by atoms with E-state index in [1.165, 1.54) is 0 Å². The number of carbonyl (C=O) groups is 1. The summed E-state index contributed by atoms with van der Waals surface area (Å²) in [6.45, 7) is 6.74. The van der Waals surface area contributed by atoms with Crippen molar-refractivity contribution < 1.29 is 9.21 Å². The molecule has 2 heterocycles. The molecule has 6 heteroatoms. The van der Waals surface area contributed by atoms with E-state index < -0.39 is 0 Å². The van der Waals surface area contributed by atoms with Crippen molar-refractivity contribution in [2.24, 2.45) is 0 Å². The molecular weight excluding hydrogens is 256 g/mol. The molecule has 0 aliphatic carbocycles. The second-order valence-electron chi connectivity index (χ2n) is 4.39. The lowest BCUT2D eigenvalue weighted by atomic mass is 10.3. The van der Waals surface area contributed by atoms with Gasteiger partial charge < -0.3 is 15.1 Å². The maximum absolute atomic E-state index is 12.0. The molecule has 0 saturated carbocycles. The van der Waals surface area contributed by atoms with E-state index in [0.29, 0.717) is 11.6 Å². The molecule has 0 unspecified atom stereocenters. The van der Waals surface area contributed by atoms with Crippen molar-refractivity contribution in [1.29, 1.82) is 0 Å². The van der Waals surface area contributed by atoms with Gasteiger partial charge in [-0.15, -0.1) is 0 Å². The maximum Gasteiger partial charge on any atom is 0.270 e. The molecule has 0 bridgehead atoms. The van der Waals surface area contributed by atoms with Crippen molar-refractivity contribution in [3.05, 3.63) is 41.4 Å². The van der Waals surface area contributed by atoms with Gasteiger partial charge in [0, 0.05) is 18.4 Å². The Bertz CT molecular complexity index is 587. The van der Waals surface area contributed by atoms with E-state index >= 15 is 0 Å². The maximum atomic E-state index is 12.0. The van der Waals surface area contributed by atoms with Crippen LogP contribution < -0.4 is 10.6 Å². The minimum absolute atomic E-state index is 0.251. The Balaban J connectivity index is 1.99. The highest BCUT2D eigenvalue weighted by molar-refractivity contribution is 5.92. The van der Waals surface area contributed by atoms with Crippen LogP contribution in [0.5, 0.6) is 0 Å². The molecule has 0 aromatic carbocycles. The van der Waals surface area contributed by atoms with Crippen LogP contribution in [0, 0.1) is 13.8 Å². The van der Waals surface area contributed by atoms with Crippen molar-refractivity contribution >= 4 is 11.6 Å². The fraction of sp³-hybridized carbons (Fsp3) is 0.357. The second-order valence-corrected chi connectivity index (χ2v) is 4.39. The van der Waals surface area contributed by atoms with Crippen LogP contribution in [-0.4, -0.2) is 22.4 Å². The highest BCUT2D eigenvalue weighted by Gasteiger charge is 2.10. The first-order chi connectivity index (χ1) is 9.60. The molecule has 0 fully saturated rings. The number of oxazole rings is 1. The van der Waals surface area contributed by atoms with E-state index in [0.717, 1.165) is 23.7 Å². The third-order valence-corrected chi connectivity index (χ3v) is 2.85. The fourth-order valence-electron chi connectivity index (χ4n) is 1.73. The van der Waals surface area contributed by atoms with Crippen LogP contribution in [0.4, 0.5) is 5.69 Å². The SMILES string of the molecule is CCNc1ccnc(C(=O)NCc2nc(C)c(C)o2)c1. The minimum Gasteiger partial charge on any atom is -0.444 e. The Morgan fingerprint density at radius 1 is 1.40 bits per heavy atom. The predicted molar refractivity (Wildman–Crippen MR) is 75.5 cm³/mol. The highest BCUT2D eigenvalue weighted by atomic mass is 16.4. The molecule has 0 radical (unpaired) electrons. The van der Waals surface area contributed by atoms with E-state index in [-0.39, 0.29) is 12.5 Å². The zero-order valence-corrected chi connectivity index (χ0v) is 11.9. The summed E-state index contributed by atoms with van der Waals surface area (Å²) in [6, 6.07) is 3.53. The lowest BCUT2D eigenvalue weighted by molar-refractivity contribution is 0.0942. The molecule has 2 rings (SSSR count). The van der Waals surface area contributed by atoms with Gasteiger partial charge in [-0.25, -0.2) is 4.98 Å². The van der Waals surface area contributed by atoms with E-state index in [1.54, 1.807) is 12.3 Å². The summed E-state index contributed by atoms with van der Waals surface area (Å²) in [7, 11) is 0. The Labute approximate surface area is 117 Å². The van der Waals surface area contributed by atoms with E-state index in [2.05, 4.69) is 20.6 Å². The number of pyridine rings is 1. The molecule has 2 N–H and O–H groups in total. The number of amides is 1. The van der Waals surface area contributed by atoms with Gasteiger partial charge in [-0.05, 0) is 32.9 Å². The number of nitrogens with one attached hydrogen (secondary N) is 2. The summed E-state index contributed by atoms with van der Waals surface area (Å²) in [5.74, 6) is 1.01. The van der Waals surface area contributed by atoms with Crippen LogP contribution in [0.15, 0.2) is 22.7 Å². The van der Waals surface area contributed by atoms with Crippen molar-refractivity contribution in [3.63, 3.8) is 0 Å². The van der Waals surface area contributed by atoms with E-state index in [4.69, 9.17) is 4.42 Å². The number of aromatic nitrogens is 2. The Hall–Kier alpha value is -2.37. The van der Waals surface area contributed by atoms with Crippen molar-refractivity contribution in [1.82, 2.24) is 15.3 Å². The zero-order valence-electron chi connectivity index (χ0n) is 11.9. The highest BCUT2D eigenvalue weighted by Crippen LogP contribution is 2.09. The summed E-state index contributed by atoms with van der Waals surface area (Å²) in [4.78, 5) is 20.3. The lowest BCUT2D eigenvalue weighted by Gasteiger charge is -2.05. The number of hydrogen-bond donors (Lipinski definition) is 2. The molecule has 6 nitrogen and oxygen atoms in total. The molecule has 0 aliphatic rings. The normalized spacial score (nSPS) is 10.3. The number of hydrogen-bond acceptors (Lipinski definition) is 5. The number of anilines is 1. The van der Waals surface area contributed by atoms with Gasteiger partial charge in [0.2, 0.25) is 5.89 Å². The first kappa shape index (κ1) is 14.0. The first-order valence-corrected chi connectivity index (χ1v) is 6.51. The van der Waals surface area contributed by atoms with Crippen LogP contribution in [0.1, 0.15) is 34.8 Å². The largest absolute Gasteiger partial charge is 0.444 e. The monoisotopic (exact) mass is 274 g/mol. The molecule has 20 heavy (non-hydrogen) atoms. The fourth-order valence-corrected chi connectivity index (χ4v) is 1.73. The number of rotatable bonds is 5. The molecule has 0 atom stereocenters. The quantitative estimate of drug-likeness (QED) is 0.872. The number of carbonyl (C=O) groups excluding carboxylic acids is 1. The molecule has 0 saturated heterocycles. The molecule has 0 aliphatic heterocycles. The Morgan fingerprint density at radius 2 is 2.20 bits per heavy atom. The van der Waals surface area contributed by atoms with Crippen LogP contribution in [0.3, 0.4) is 0 Å². The second kappa shape index (κ2) is 6.18. The average molecular weight is 274 g/mol. The van der Waals surface area contributed by atoms with Crippen LogP contribution in [0.25, 0.3) is 0 Å². The lowest BCUT2D eigenvalue weighted by Crippen LogP contribution is -2.24. The molecule has 2 aromatic rings. The van der Waals surface area contributed by atoms with Crippen molar-refractivity contribution in [2.45, 2.75) is 27.3 Å². The molecule has 1 amide bonds. The number of nitrogens with zero attached hydrogens (tertiary/aromatic N) is 2. The Kier molecular flexibility index (Phi) is 4.34. The van der Waals surface area contributed by atoms with Crippen molar-refractivity contribution in [2.75, 3.05) is 11.9 Å². The molecule has 106 valence electrons. The van der Waals surface area contributed by atoms with E-state index in [1.807, 2.05) is 26.8 Å². The van der Waals surface area contributed by atoms with Crippen LogP contribution in [-0.2, 0) is 6.54 Å². The predicted octanol–water partition coefficient (Wildman–Crippen LogP) is 2.05. The van der Waals surface area contributed by atoms with Crippen LogP contribution >= 0.6 is 0 Å². The van der Waals surface area contributed by atoms with Crippen molar-refractivity contribution in [3.8, 4) is 0 Å². The summed E-state index contributed by atoms with van der Waals surface area (Å²) in [6.07, 6.45) is 1.60. The van der Waals surface area contributed by atoms with E-state index in [9.17, 15) is 4.79 Å². The smallest absolute Gasteiger partial charge is 0.270 e. The van der Waals surface area contributed by atoms with Gasteiger partial charge in [0.15, 0.2) is 0 Å². The molecule has 2 aromatic heterocycles. The third kappa shape index (κ3) is 3.34. The van der Waals surface area contributed by atoms with Gasteiger partial charge in [0.1, 0.15) is 11.5 Å². The van der Waals surface area contributed by atoms with Gasteiger partial charge in [0.25, 0.3) is 5.91 Å². The molecular formula is C14H18N4O2. The van der Waals surface area contributed by atoms with Gasteiger partial charge in [-0.2, -0.15) is 0 Å². The van der Waals surface area contributed by atoms with Gasteiger partial charge in [0.05, 0.1) is 12.2 Å². The first-order valence-electron chi connectivity index (χ1n) is 6.51. The average Bonchev–Trinajstić information content (AvgIpc) is 2.76. The van der Waals surface area contributed by atoms with Gasteiger partial charge >= 0.3 is 0 Å². The van der Waals surface area contributed by atoms with Gasteiger partial charge in [-0.1, -0.05) is 0 Å². The third-order valence-electron chi connectivity index (χ3n) is 2.85. The summed E-state index contributed by atoms with van der Waals surface area (Å²) < 4.78 is 5.40.